The summed E-state index contributed by atoms with van der Waals surface area (Å²) in [5, 5.41) is 6.81. The maximum absolute atomic E-state index is 11.9. The van der Waals surface area contributed by atoms with Crippen molar-refractivity contribution < 1.29 is 9.21 Å². The molecule has 2 aromatic heterocycles. The largest absolute Gasteiger partial charge is 0.466 e. The topological polar surface area (TPSA) is 67.2 Å². The maximum atomic E-state index is 11.9. The van der Waals surface area contributed by atoms with E-state index in [2.05, 4.69) is 15.6 Å². The number of nitrogens with zero attached hydrogens (tertiary/aromatic N) is 1. The molecule has 2 N–H and O–H groups in total. The Morgan fingerprint density at radius 1 is 1.43 bits per heavy atom. The highest BCUT2D eigenvalue weighted by atomic mass is 32.1. The molecule has 0 aliphatic rings. The van der Waals surface area contributed by atoms with Gasteiger partial charge in [0.05, 0.1) is 11.0 Å². The van der Waals surface area contributed by atoms with Gasteiger partial charge in [-0.05, 0) is 33.8 Å². The Morgan fingerprint density at radius 3 is 2.76 bits per heavy atom. The van der Waals surface area contributed by atoms with E-state index in [9.17, 15) is 4.79 Å². The van der Waals surface area contributed by atoms with Gasteiger partial charge in [-0.2, -0.15) is 0 Å². The molecule has 1 unspecified atom stereocenters. The van der Waals surface area contributed by atoms with Crippen molar-refractivity contribution in [1.29, 1.82) is 0 Å². The van der Waals surface area contributed by atoms with E-state index in [1.165, 1.54) is 4.88 Å². The fourth-order valence-corrected chi connectivity index (χ4v) is 2.99. The van der Waals surface area contributed by atoms with Gasteiger partial charge in [-0.15, -0.1) is 11.3 Å². The molecule has 2 aromatic rings. The molecule has 5 nitrogen and oxygen atoms in total. The van der Waals surface area contributed by atoms with Crippen LogP contribution >= 0.6 is 11.3 Å². The summed E-state index contributed by atoms with van der Waals surface area (Å²) in [7, 11) is 0. The minimum atomic E-state index is -0.172. The maximum Gasteiger partial charge on any atom is 0.315 e. The van der Waals surface area contributed by atoms with Crippen LogP contribution < -0.4 is 10.6 Å². The van der Waals surface area contributed by atoms with Crippen molar-refractivity contribution in [3.8, 4) is 0 Å². The first kappa shape index (κ1) is 15.6. The number of hydrogen-bond acceptors (Lipinski definition) is 4. The van der Waals surface area contributed by atoms with Crippen LogP contribution in [0.1, 0.15) is 39.9 Å². The number of urea groups is 1. The fourth-order valence-electron chi connectivity index (χ4n) is 2.21. The number of aryl methyl sites for hydroxylation is 3. The molecular weight excluding hydrogens is 286 g/mol. The molecule has 0 fully saturated rings. The molecule has 0 spiro atoms. The average molecular weight is 307 g/mol. The number of nitrogens with one attached hydrogen (secondary N) is 2. The monoisotopic (exact) mass is 307 g/mol. The van der Waals surface area contributed by atoms with Crippen molar-refractivity contribution >= 4 is 17.4 Å². The molecule has 2 heterocycles. The zero-order valence-corrected chi connectivity index (χ0v) is 13.6. The Hall–Kier alpha value is -1.82. The van der Waals surface area contributed by atoms with E-state index in [4.69, 9.17) is 4.42 Å². The smallest absolute Gasteiger partial charge is 0.315 e. The molecule has 0 saturated heterocycles. The lowest BCUT2D eigenvalue weighted by Crippen LogP contribution is -2.38. The number of furan rings is 1. The Bertz CT molecular complexity index is 618. The van der Waals surface area contributed by atoms with Crippen molar-refractivity contribution in [3.05, 3.63) is 39.2 Å². The summed E-state index contributed by atoms with van der Waals surface area (Å²) in [6.45, 7) is 8.36. The van der Waals surface area contributed by atoms with Crippen molar-refractivity contribution in [2.24, 2.45) is 0 Å². The zero-order chi connectivity index (χ0) is 15.4. The van der Waals surface area contributed by atoms with Crippen LogP contribution in [0.4, 0.5) is 4.79 Å². The molecule has 0 bridgehead atoms. The number of carbonyl (C=O) groups is 1. The van der Waals surface area contributed by atoms with Gasteiger partial charge in [0, 0.05) is 29.6 Å². The lowest BCUT2D eigenvalue weighted by Gasteiger charge is -2.13. The van der Waals surface area contributed by atoms with Gasteiger partial charge in [-0.3, -0.25) is 0 Å². The van der Waals surface area contributed by atoms with E-state index < -0.39 is 0 Å². The van der Waals surface area contributed by atoms with Crippen LogP contribution in [0.2, 0.25) is 0 Å². The summed E-state index contributed by atoms with van der Waals surface area (Å²) in [5.41, 5.74) is 1.01. The Kier molecular flexibility index (Phi) is 5.01. The lowest BCUT2D eigenvalue weighted by molar-refractivity contribution is 0.238. The Balaban J connectivity index is 1.77. The van der Waals surface area contributed by atoms with E-state index in [0.29, 0.717) is 6.54 Å². The predicted molar refractivity (Wildman–Crippen MR) is 83.7 cm³/mol. The fraction of sp³-hybridized carbons (Fsp3) is 0.467. The molecule has 0 radical (unpaired) electrons. The lowest BCUT2D eigenvalue weighted by atomic mass is 10.1. The molecule has 6 heteroatoms. The first-order chi connectivity index (χ1) is 9.95. The highest BCUT2D eigenvalue weighted by Gasteiger charge is 2.14. The molecule has 0 aliphatic carbocycles. The number of amides is 2. The predicted octanol–water partition coefficient (Wildman–Crippen LogP) is 3.26. The number of rotatable bonds is 5. The molecule has 0 saturated carbocycles. The third-order valence-electron chi connectivity index (χ3n) is 3.19. The number of carbonyl (C=O) groups excluding carboxylic acids is 1. The van der Waals surface area contributed by atoms with Crippen LogP contribution in [0.5, 0.6) is 0 Å². The van der Waals surface area contributed by atoms with E-state index >= 15 is 0 Å². The molecule has 21 heavy (non-hydrogen) atoms. The SMILES string of the molecule is Cc1cc(C(C)NC(=O)NCCc2ncc(C)s2)c(C)o1. The summed E-state index contributed by atoms with van der Waals surface area (Å²) < 4.78 is 5.48. The van der Waals surface area contributed by atoms with E-state index in [-0.39, 0.29) is 12.1 Å². The summed E-state index contributed by atoms with van der Waals surface area (Å²) in [6, 6.07) is 1.71. The molecule has 2 rings (SSSR count). The van der Waals surface area contributed by atoms with Crippen molar-refractivity contribution in [1.82, 2.24) is 15.6 Å². The van der Waals surface area contributed by atoms with Crippen LogP contribution in [0.3, 0.4) is 0 Å². The highest BCUT2D eigenvalue weighted by Crippen LogP contribution is 2.20. The first-order valence-corrected chi connectivity index (χ1v) is 7.80. The van der Waals surface area contributed by atoms with E-state index in [1.807, 2.05) is 40.0 Å². The second kappa shape index (κ2) is 6.76. The van der Waals surface area contributed by atoms with Gasteiger partial charge in [-0.25, -0.2) is 9.78 Å². The van der Waals surface area contributed by atoms with E-state index in [0.717, 1.165) is 28.5 Å². The highest BCUT2D eigenvalue weighted by molar-refractivity contribution is 7.11. The number of aromatic nitrogens is 1. The molecule has 0 aromatic carbocycles. The Labute approximate surface area is 128 Å². The summed E-state index contributed by atoms with van der Waals surface area (Å²) in [6.07, 6.45) is 2.61. The Morgan fingerprint density at radius 2 is 2.19 bits per heavy atom. The van der Waals surface area contributed by atoms with E-state index in [1.54, 1.807) is 11.3 Å². The van der Waals surface area contributed by atoms with Crippen molar-refractivity contribution in [2.75, 3.05) is 6.54 Å². The normalized spacial score (nSPS) is 12.2. The van der Waals surface area contributed by atoms with Crippen LogP contribution in [-0.2, 0) is 6.42 Å². The first-order valence-electron chi connectivity index (χ1n) is 6.98. The van der Waals surface area contributed by atoms with Crippen molar-refractivity contribution in [3.63, 3.8) is 0 Å². The van der Waals surface area contributed by atoms with Crippen LogP contribution in [0, 0.1) is 20.8 Å². The molecular formula is C15H21N3O2S. The van der Waals surface area contributed by atoms with Crippen LogP contribution in [0.15, 0.2) is 16.7 Å². The minimum absolute atomic E-state index is 0.0791. The van der Waals surface area contributed by atoms with Gasteiger partial charge in [0.2, 0.25) is 0 Å². The molecule has 1 atom stereocenters. The third-order valence-corrected chi connectivity index (χ3v) is 4.16. The third kappa shape index (κ3) is 4.32. The molecule has 2 amide bonds. The quantitative estimate of drug-likeness (QED) is 0.891. The van der Waals surface area contributed by atoms with Crippen LogP contribution in [0.25, 0.3) is 0 Å². The van der Waals surface area contributed by atoms with Gasteiger partial charge >= 0.3 is 6.03 Å². The number of hydrogen-bond donors (Lipinski definition) is 2. The van der Waals surface area contributed by atoms with Gasteiger partial charge in [0.25, 0.3) is 0 Å². The second-order valence-electron chi connectivity index (χ2n) is 5.11. The summed E-state index contributed by atoms with van der Waals surface area (Å²) in [5.74, 6) is 1.70. The zero-order valence-electron chi connectivity index (χ0n) is 12.8. The van der Waals surface area contributed by atoms with Gasteiger partial charge < -0.3 is 15.1 Å². The van der Waals surface area contributed by atoms with Crippen LogP contribution in [-0.4, -0.2) is 17.6 Å². The standard InChI is InChI=1S/C15H21N3O2S/c1-9-7-13(12(4)20-9)11(3)18-15(19)16-6-5-14-17-8-10(2)21-14/h7-8,11H,5-6H2,1-4H3,(H2,16,18,19). The van der Waals surface area contributed by atoms with Gasteiger partial charge in [0.15, 0.2) is 0 Å². The average Bonchev–Trinajstić information content (AvgIpc) is 2.95. The minimum Gasteiger partial charge on any atom is -0.466 e. The van der Waals surface area contributed by atoms with Crippen molar-refractivity contribution in [2.45, 2.75) is 40.2 Å². The second-order valence-corrected chi connectivity index (χ2v) is 6.42. The summed E-state index contributed by atoms with van der Waals surface area (Å²) in [4.78, 5) is 17.3. The van der Waals surface area contributed by atoms with Gasteiger partial charge in [0.1, 0.15) is 11.5 Å². The van der Waals surface area contributed by atoms with Gasteiger partial charge in [-0.1, -0.05) is 0 Å². The number of thiazole rings is 1. The molecule has 0 aliphatic heterocycles. The summed E-state index contributed by atoms with van der Waals surface area (Å²) >= 11 is 1.66. The molecule has 114 valence electrons.